The van der Waals surface area contributed by atoms with Crippen molar-refractivity contribution in [2.45, 2.75) is 32.4 Å². The second-order valence-corrected chi connectivity index (χ2v) is 4.78. The minimum absolute atomic E-state index is 0.0440. The van der Waals surface area contributed by atoms with E-state index in [0.717, 1.165) is 24.3 Å². The summed E-state index contributed by atoms with van der Waals surface area (Å²) in [6, 6.07) is 10.1. The Morgan fingerprint density at radius 3 is 2.70 bits per heavy atom. The number of nitrogens with one attached hydrogen (secondary N) is 1. The molecular formula is C15H22N4O. The topological polar surface area (TPSA) is 52.0 Å². The third-order valence-corrected chi connectivity index (χ3v) is 3.35. The van der Waals surface area contributed by atoms with Crippen molar-refractivity contribution in [3.8, 4) is 5.69 Å². The van der Waals surface area contributed by atoms with Crippen LogP contribution in [-0.4, -0.2) is 34.8 Å². The Labute approximate surface area is 120 Å². The fourth-order valence-corrected chi connectivity index (χ4v) is 2.17. The van der Waals surface area contributed by atoms with Crippen molar-refractivity contribution < 1.29 is 4.74 Å². The molecule has 0 fully saturated rings. The van der Waals surface area contributed by atoms with Crippen LogP contribution in [-0.2, 0) is 4.74 Å². The lowest BCUT2D eigenvalue weighted by Gasteiger charge is -2.24. The molecule has 0 aliphatic rings. The van der Waals surface area contributed by atoms with Gasteiger partial charge in [0, 0.05) is 7.11 Å². The Morgan fingerprint density at radius 1 is 1.30 bits per heavy atom. The Hall–Kier alpha value is -1.72. The first-order valence-corrected chi connectivity index (χ1v) is 7.00. The van der Waals surface area contributed by atoms with Gasteiger partial charge in [-0.15, -0.1) is 5.10 Å². The number of para-hydroxylation sites is 1. The number of ether oxygens (including phenoxy) is 1. The van der Waals surface area contributed by atoms with Gasteiger partial charge in [-0.3, -0.25) is 0 Å². The first-order chi connectivity index (χ1) is 9.77. The maximum Gasteiger partial charge on any atom is 0.0841 e. The zero-order chi connectivity index (χ0) is 14.4. The van der Waals surface area contributed by atoms with Crippen LogP contribution in [0.4, 0.5) is 0 Å². The molecule has 2 unspecified atom stereocenters. The van der Waals surface area contributed by atoms with Crippen LogP contribution in [0.15, 0.2) is 36.5 Å². The van der Waals surface area contributed by atoms with Crippen molar-refractivity contribution in [1.82, 2.24) is 20.3 Å². The summed E-state index contributed by atoms with van der Waals surface area (Å²) in [6.07, 6.45) is 2.91. The summed E-state index contributed by atoms with van der Waals surface area (Å²) in [5.74, 6) is 0. The molecule has 1 heterocycles. The molecule has 0 bridgehead atoms. The van der Waals surface area contributed by atoms with Crippen molar-refractivity contribution in [2.75, 3.05) is 13.7 Å². The molecule has 108 valence electrons. The normalized spacial score (nSPS) is 14.2. The minimum Gasteiger partial charge on any atom is -0.380 e. The summed E-state index contributed by atoms with van der Waals surface area (Å²) in [5, 5.41) is 11.8. The number of hydrogen-bond donors (Lipinski definition) is 1. The summed E-state index contributed by atoms with van der Waals surface area (Å²) < 4.78 is 7.36. The molecule has 0 saturated heterocycles. The van der Waals surface area contributed by atoms with Gasteiger partial charge >= 0.3 is 0 Å². The maximum absolute atomic E-state index is 5.49. The zero-order valence-electron chi connectivity index (χ0n) is 12.3. The van der Waals surface area contributed by atoms with Crippen LogP contribution in [0.1, 0.15) is 32.0 Å². The number of nitrogens with zero attached hydrogens (tertiary/aromatic N) is 3. The summed E-state index contributed by atoms with van der Waals surface area (Å²) in [6.45, 7) is 5.13. The summed E-state index contributed by atoms with van der Waals surface area (Å²) in [4.78, 5) is 0. The second-order valence-electron chi connectivity index (χ2n) is 4.78. The largest absolute Gasteiger partial charge is 0.380 e. The molecule has 1 N–H and O–H groups in total. The molecule has 1 aromatic carbocycles. The van der Waals surface area contributed by atoms with Crippen LogP contribution in [0.25, 0.3) is 5.69 Å². The molecule has 2 aromatic rings. The molecule has 0 aliphatic heterocycles. The molecule has 5 nitrogen and oxygen atoms in total. The summed E-state index contributed by atoms with van der Waals surface area (Å²) in [5.41, 5.74) is 2.02. The van der Waals surface area contributed by atoms with Crippen LogP contribution < -0.4 is 5.32 Å². The van der Waals surface area contributed by atoms with E-state index >= 15 is 0 Å². The van der Waals surface area contributed by atoms with Gasteiger partial charge in [-0.1, -0.05) is 30.3 Å². The molecule has 20 heavy (non-hydrogen) atoms. The van der Waals surface area contributed by atoms with Gasteiger partial charge in [0.15, 0.2) is 0 Å². The number of rotatable bonds is 7. The van der Waals surface area contributed by atoms with E-state index in [1.165, 1.54) is 0 Å². The number of hydrogen-bond acceptors (Lipinski definition) is 4. The van der Waals surface area contributed by atoms with Gasteiger partial charge in [0.1, 0.15) is 0 Å². The Kier molecular flexibility index (Phi) is 5.26. The van der Waals surface area contributed by atoms with Crippen LogP contribution in [0.3, 0.4) is 0 Å². The average molecular weight is 274 g/mol. The van der Waals surface area contributed by atoms with Gasteiger partial charge < -0.3 is 10.1 Å². The van der Waals surface area contributed by atoms with E-state index in [4.69, 9.17) is 4.74 Å². The Bertz CT molecular complexity index is 512. The standard InChI is InChI=1S/C15H22N4O/c1-4-10-16-15(12(2)20-3)14-11-17-18-19(14)13-8-6-5-7-9-13/h5-9,11-12,15-16H,4,10H2,1-3H3. The van der Waals surface area contributed by atoms with E-state index in [0.29, 0.717) is 0 Å². The molecule has 2 rings (SSSR count). The van der Waals surface area contributed by atoms with Crippen molar-refractivity contribution in [1.29, 1.82) is 0 Å². The lowest BCUT2D eigenvalue weighted by atomic mass is 10.1. The van der Waals surface area contributed by atoms with Gasteiger partial charge in [0.2, 0.25) is 0 Å². The highest BCUT2D eigenvalue weighted by molar-refractivity contribution is 5.32. The van der Waals surface area contributed by atoms with E-state index in [9.17, 15) is 0 Å². The lowest BCUT2D eigenvalue weighted by molar-refractivity contribution is 0.0808. The molecule has 0 radical (unpaired) electrons. The van der Waals surface area contributed by atoms with Crippen LogP contribution >= 0.6 is 0 Å². The van der Waals surface area contributed by atoms with Crippen molar-refractivity contribution in [3.63, 3.8) is 0 Å². The first-order valence-electron chi connectivity index (χ1n) is 7.00. The van der Waals surface area contributed by atoms with E-state index in [1.54, 1.807) is 13.3 Å². The zero-order valence-corrected chi connectivity index (χ0v) is 12.3. The second kappa shape index (κ2) is 7.17. The average Bonchev–Trinajstić information content (AvgIpc) is 2.97. The van der Waals surface area contributed by atoms with Gasteiger partial charge in [-0.25, -0.2) is 4.68 Å². The van der Waals surface area contributed by atoms with Crippen LogP contribution in [0.5, 0.6) is 0 Å². The molecule has 0 spiro atoms. The molecule has 2 atom stereocenters. The van der Waals surface area contributed by atoms with Crippen molar-refractivity contribution >= 4 is 0 Å². The van der Waals surface area contributed by atoms with Crippen LogP contribution in [0, 0.1) is 0 Å². The fraction of sp³-hybridized carbons (Fsp3) is 0.467. The molecule has 0 amide bonds. The van der Waals surface area contributed by atoms with E-state index < -0.39 is 0 Å². The van der Waals surface area contributed by atoms with E-state index in [1.807, 2.05) is 35.0 Å². The quantitative estimate of drug-likeness (QED) is 0.842. The maximum atomic E-state index is 5.49. The van der Waals surface area contributed by atoms with Gasteiger partial charge in [-0.2, -0.15) is 0 Å². The predicted molar refractivity (Wildman–Crippen MR) is 78.9 cm³/mol. The number of methoxy groups -OCH3 is 1. The van der Waals surface area contributed by atoms with Gasteiger partial charge in [-0.05, 0) is 32.0 Å². The van der Waals surface area contributed by atoms with E-state index in [-0.39, 0.29) is 12.1 Å². The van der Waals surface area contributed by atoms with E-state index in [2.05, 4.69) is 29.5 Å². The Balaban J connectivity index is 2.32. The summed E-state index contributed by atoms with van der Waals surface area (Å²) in [7, 11) is 1.72. The van der Waals surface area contributed by atoms with Crippen LogP contribution in [0.2, 0.25) is 0 Å². The Morgan fingerprint density at radius 2 is 2.05 bits per heavy atom. The minimum atomic E-state index is 0.0440. The smallest absolute Gasteiger partial charge is 0.0841 e. The highest BCUT2D eigenvalue weighted by Gasteiger charge is 2.23. The predicted octanol–water partition coefficient (Wildman–Crippen LogP) is 2.34. The molecule has 5 heteroatoms. The van der Waals surface area contributed by atoms with Crippen molar-refractivity contribution in [2.24, 2.45) is 0 Å². The molecule has 0 aliphatic carbocycles. The first kappa shape index (κ1) is 14.7. The lowest BCUT2D eigenvalue weighted by Crippen LogP contribution is -2.33. The highest BCUT2D eigenvalue weighted by atomic mass is 16.5. The molecule has 0 saturated carbocycles. The van der Waals surface area contributed by atoms with Gasteiger partial charge in [0.25, 0.3) is 0 Å². The third kappa shape index (κ3) is 3.23. The summed E-state index contributed by atoms with van der Waals surface area (Å²) >= 11 is 0. The molecule has 1 aromatic heterocycles. The fourth-order valence-electron chi connectivity index (χ4n) is 2.17. The highest BCUT2D eigenvalue weighted by Crippen LogP contribution is 2.20. The molecular weight excluding hydrogens is 252 g/mol. The number of benzene rings is 1. The van der Waals surface area contributed by atoms with Gasteiger partial charge in [0.05, 0.1) is 29.7 Å². The SMILES string of the molecule is CCCNC(c1cnnn1-c1ccccc1)C(C)OC. The number of aromatic nitrogens is 3. The monoisotopic (exact) mass is 274 g/mol. The third-order valence-electron chi connectivity index (χ3n) is 3.35. The van der Waals surface area contributed by atoms with Crippen molar-refractivity contribution in [3.05, 3.63) is 42.2 Å².